The minimum absolute atomic E-state index is 0.0674. The van der Waals surface area contributed by atoms with Gasteiger partial charge in [0.05, 0.1) is 17.5 Å². The van der Waals surface area contributed by atoms with Crippen molar-refractivity contribution in [2.45, 2.75) is 31.2 Å². The van der Waals surface area contributed by atoms with Gasteiger partial charge in [0.2, 0.25) is 11.1 Å². The molecule has 2 rings (SSSR count). The molecule has 1 atom stereocenters. The van der Waals surface area contributed by atoms with E-state index < -0.39 is 0 Å². The first-order chi connectivity index (χ1) is 11.0. The molecule has 1 amide bonds. The molecule has 0 radical (unpaired) electrons. The van der Waals surface area contributed by atoms with Crippen LogP contribution in [0.25, 0.3) is 5.69 Å². The van der Waals surface area contributed by atoms with Gasteiger partial charge in [0, 0.05) is 13.7 Å². The summed E-state index contributed by atoms with van der Waals surface area (Å²) in [6.45, 7) is 6.86. The van der Waals surface area contributed by atoms with Crippen LogP contribution in [0.3, 0.4) is 0 Å². The fraction of sp³-hybridized carbons (Fsp3) is 0.467. The monoisotopic (exact) mass is 335 g/mol. The summed E-state index contributed by atoms with van der Waals surface area (Å²) in [6, 6.07) is 6.07. The lowest BCUT2D eigenvalue weighted by Crippen LogP contribution is -2.33. The Hall–Kier alpha value is -1.93. The molecule has 7 nitrogen and oxygen atoms in total. The first-order valence-corrected chi connectivity index (χ1v) is 8.20. The van der Waals surface area contributed by atoms with Crippen LogP contribution in [-0.4, -0.2) is 51.6 Å². The van der Waals surface area contributed by atoms with Crippen LogP contribution in [0.4, 0.5) is 0 Å². The van der Waals surface area contributed by atoms with Gasteiger partial charge in [-0.05, 0) is 42.8 Å². The van der Waals surface area contributed by atoms with Gasteiger partial charge in [-0.25, -0.2) is 0 Å². The lowest BCUT2D eigenvalue weighted by Gasteiger charge is -2.12. The maximum atomic E-state index is 12.0. The number of hydrogen-bond acceptors (Lipinski definition) is 6. The molecule has 2 aromatic rings. The van der Waals surface area contributed by atoms with Crippen LogP contribution < -0.4 is 5.32 Å². The zero-order valence-corrected chi connectivity index (χ0v) is 14.6. The summed E-state index contributed by atoms with van der Waals surface area (Å²) >= 11 is 1.32. The van der Waals surface area contributed by atoms with Gasteiger partial charge in [0.25, 0.3) is 0 Å². The van der Waals surface area contributed by atoms with Crippen molar-refractivity contribution in [2.24, 2.45) is 0 Å². The van der Waals surface area contributed by atoms with Gasteiger partial charge in [-0.2, -0.15) is 4.68 Å². The van der Waals surface area contributed by atoms with Gasteiger partial charge in [-0.1, -0.05) is 29.5 Å². The largest absolute Gasteiger partial charge is 0.383 e. The number of aryl methyl sites for hydroxylation is 2. The number of thioether (sulfide) groups is 1. The van der Waals surface area contributed by atoms with Gasteiger partial charge >= 0.3 is 0 Å². The molecular weight excluding hydrogens is 314 g/mol. The Morgan fingerprint density at radius 3 is 2.91 bits per heavy atom. The van der Waals surface area contributed by atoms with Crippen molar-refractivity contribution in [3.05, 3.63) is 29.3 Å². The van der Waals surface area contributed by atoms with Crippen LogP contribution in [0, 0.1) is 13.8 Å². The molecule has 0 aliphatic carbocycles. The van der Waals surface area contributed by atoms with E-state index in [4.69, 9.17) is 4.74 Å². The summed E-state index contributed by atoms with van der Waals surface area (Å²) in [4.78, 5) is 12.0. The smallest absolute Gasteiger partial charge is 0.233 e. The average Bonchev–Trinajstić information content (AvgIpc) is 2.95. The minimum atomic E-state index is -0.303. The number of nitrogens with zero attached hydrogens (tertiary/aromatic N) is 4. The number of rotatable bonds is 7. The fourth-order valence-corrected chi connectivity index (χ4v) is 2.90. The van der Waals surface area contributed by atoms with Crippen molar-refractivity contribution in [2.75, 3.05) is 20.3 Å². The van der Waals surface area contributed by atoms with Crippen molar-refractivity contribution >= 4 is 17.7 Å². The van der Waals surface area contributed by atoms with Crippen molar-refractivity contribution in [3.8, 4) is 5.69 Å². The van der Waals surface area contributed by atoms with Crippen LogP contribution in [-0.2, 0) is 9.53 Å². The molecule has 1 N–H and O–H groups in total. The molecule has 0 spiro atoms. The Labute approximate surface area is 139 Å². The quantitative estimate of drug-likeness (QED) is 0.610. The van der Waals surface area contributed by atoms with Crippen molar-refractivity contribution in [1.29, 1.82) is 0 Å². The second kappa shape index (κ2) is 8.07. The number of methoxy groups -OCH3 is 1. The van der Waals surface area contributed by atoms with Crippen molar-refractivity contribution < 1.29 is 9.53 Å². The van der Waals surface area contributed by atoms with Crippen LogP contribution in [0.5, 0.6) is 0 Å². The number of aromatic nitrogens is 4. The molecule has 0 saturated heterocycles. The van der Waals surface area contributed by atoms with E-state index in [2.05, 4.69) is 26.9 Å². The van der Waals surface area contributed by atoms with Crippen molar-refractivity contribution in [3.63, 3.8) is 0 Å². The third kappa shape index (κ3) is 4.52. The Balaban J connectivity index is 2.10. The summed E-state index contributed by atoms with van der Waals surface area (Å²) in [5.74, 6) is -0.0674. The Kier molecular flexibility index (Phi) is 6.12. The topological polar surface area (TPSA) is 81.9 Å². The van der Waals surface area contributed by atoms with E-state index in [1.165, 1.54) is 17.3 Å². The van der Waals surface area contributed by atoms with Gasteiger partial charge in [-0.15, -0.1) is 5.10 Å². The molecule has 0 fully saturated rings. The number of ether oxygens (including phenoxy) is 1. The molecule has 0 unspecified atom stereocenters. The molecule has 0 aliphatic heterocycles. The van der Waals surface area contributed by atoms with Crippen LogP contribution in [0.15, 0.2) is 23.4 Å². The molecule has 0 saturated carbocycles. The van der Waals surface area contributed by atoms with Crippen LogP contribution in [0.1, 0.15) is 18.1 Å². The first-order valence-electron chi connectivity index (χ1n) is 7.32. The number of tetrazole rings is 1. The minimum Gasteiger partial charge on any atom is -0.383 e. The van der Waals surface area contributed by atoms with E-state index in [0.717, 1.165) is 11.3 Å². The Morgan fingerprint density at radius 2 is 2.22 bits per heavy atom. The fourth-order valence-electron chi connectivity index (χ4n) is 2.08. The summed E-state index contributed by atoms with van der Waals surface area (Å²) < 4.78 is 6.58. The summed E-state index contributed by atoms with van der Waals surface area (Å²) in [7, 11) is 1.60. The third-order valence-corrected chi connectivity index (χ3v) is 4.31. The first kappa shape index (κ1) is 17.4. The highest BCUT2D eigenvalue weighted by Crippen LogP contribution is 2.24. The Morgan fingerprint density at radius 1 is 1.43 bits per heavy atom. The zero-order chi connectivity index (χ0) is 16.8. The van der Waals surface area contributed by atoms with E-state index in [9.17, 15) is 4.79 Å². The molecule has 8 heteroatoms. The lowest BCUT2D eigenvalue weighted by molar-refractivity contribution is -0.120. The zero-order valence-electron chi connectivity index (χ0n) is 13.7. The van der Waals surface area contributed by atoms with Gasteiger partial charge in [0.1, 0.15) is 0 Å². The highest BCUT2D eigenvalue weighted by molar-refractivity contribution is 8.00. The second-order valence-corrected chi connectivity index (χ2v) is 6.52. The van der Waals surface area contributed by atoms with E-state index in [1.807, 2.05) is 32.9 Å². The number of carbonyl (C=O) groups excluding carboxylic acids is 1. The molecular formula is C15H21N5O2S. The summed E-state index contributed by atoms with van der Waals surface area (Å²) in [6.07, 6.45) is 0. The maximum Gasteiger partial charge on any atom is 0.233 e. The molecule has 1 heterocycles. The molecule has 1 aromatic heterocycles. The number of nitrogens with one attached hydrogen (secondary N) is 1. The molecule has 0 bridgehead atoms. The van der Waals surface area contributed by atoms with Crippen LogP contribution in [0.2, 0.25) is 0 Å². The van der Waals surface area contributed by atoms with Gasteiger partial charge in [-0.3, -0.25) is 4.79 Å². The summed E-state index contributed by atoms with van der Waals surface area (Å²) in [5.41, 5.74) is 3.17. The average molecular weight is 335 g/mol. The van der Waals surface area contributed by atoms with Crippen molar-refractivity contribution in [1.82, 2.24) is 25.5 Å². The lowest BCUT2D eigenvalue weighted by atomic mass is 10.1. The Bertz CT molecular complexity index is 674. The number of hydrogen-bond donors (Lipinski definition) is 1. The number of carbonyl (C=O) groups is 1. The maximum absolute atomic E-state index is 12.0. The van der Waals surface area contributed by atoms with E-state index in [1.54, 1.807) is 11.8 Å². The van der Waals surface area contributed by atoms with Gasteiger partial charge in [0.15, 0.2) is 0 Å². The van der Waals surface area contributed by atoms with Crippen LogP contribution >= 0.6 is 11.8 Å². The SMILES string of the molecule is COCCNC(=O)[C@@H](C)Sc1nnnn1-c1ccc(C)cc1C. The standard InChI is InChI=1S/C15H21N5O2S/c1-10-5-6-13(11(2)9-10)20-15(17-18-19-20)23-12(3)14(21)16-7-8-22-4/h5-6,9,12H,7-8H2,1-4H3,(H,16,21)/t12-/m1/s1. The van der Waals surface area contributed by atoms with E-state index >= 15 is 0 Å². The normalized spacial score (nSPS) is 12.2. The number of amides is 1. The summed E-state index contributed by atoms with van der Waals surface area (Å²) in [5, 5.41) is 14.9. The number of benzene rings is 1. The predicted molar refractivity (Wildman–Crippen MR) is 88.8 cm³/mol. The third-order valence-electron chi connectivity index (χ3n) is 3.28. The molecule has 124 valence electrons. The van der Waals surface area contributed by atoms with Gasteiger partial charge < -0.3 is 10.1 Å². The molecule has 23 heavy (non-hydrogen) atoms. The molecule has 1 aromatic carbocycles. The second-order valence-electron chi connectivity index (χ2n) is 5.21. The predicted octanol–water partition coefficient (Wildman–Crippen LogP) is 1.52. The van der Waals surface area contributed by atoms with E-state index in [-0.39, 0.29) is 11.2 Å². The molecule has 0 aliphatic rings. The van der Waals surface area contributed by atoms with E-state index in [0.29, 0.717) is 18.3 Å². The highest BCUT2D eigenvalue weighted by atomic mass is 32.2. The highest BCUT2D eigenvalue weighted by Gasteiger charge is 2.19.